The molecule has 2 nitrogen and oxygen atoms in total. The smallest absolute Gasteiger partial charge is 0.143 e. The number of thiophene rings is 1. The Bertz CT molecular complexity index is 3150. The van der Waals surface area contributed by atoms with Crippen molar-refractivity contribution in [2.45, 2.75) is 0 Å². The number of hydrogen-bond acceptors (Lipinski definition) is 3. The summed E-state index contributed by atoms with van der Waals surface area (Å²) in [6, 6.07) is 63.9. The Morgan fingerprint density at radius 2 is 0.941 bits per heavy atom. The highest BCUT2D eigenvalue weighted by Crippen LogP contribution is 2.42. The van der Waals surface area contributed by atoms with Gasteiger partial charge >= 0.3 is 0 Å². The fourth-order valence-corrected chi connectivity index (χ4v) is 9.00. The molecule has 2 heterocycles. The summed E-state index contributed by atoms with van der Waals surface area (Å²) in [4.78, 5) is 2.35. The summed E-state index contributed by atoms with van der Waals surface area (Å²) in [5.74, 6) is 0. The van der Waals surface area contributed by atoms with Gasteiger partial charge in [-0.15, -0.1) is 11.3 Å². The van der Waals surface area contributed by atoms with Crippen LogP contribution in [-0.4, -0.2) is 0 Å². The highest BCUT2D eigenvalue weighted by atomic mass is 32.1. The molecular weight excluding hydrogens is 639 g/mol. The van der Waals surface area contributed by atoms with E-state index < -0.39 is 0 Å². The van der Waals surface area contributed by atoms with E-state index in [9.17, 15) is 0 Å². The fourth-order valence-electron chi connectivity index (χ4n) is 7.92. The molecule has 0 fully saturated rings. The van der Waals surface area contributed by atoms with Crippen molar-refractivity contribution in [3.05, 3.63) is 176 Å². The van der Waals surface area contributed by atoms with Gasteiger partial charge in [-0.25, -0.2) is 0 Å². The van der Waals surface area contributed by atoms with Gasteiger partial charge in [-0.3, -0.25) is 0 Å². The van der Waals surface area contributed by atoms with Crippen molar-refractivity contribution in [2.24, 2.45) is 0 Å². The second-order valence-electron chi connectivity index (χ2n) is 13.3. The maximum atomic E-state index is 6.67. The largest absolute Gasteiger partial charge is 0.455 e. The van der Waals surface area contributed by atoms with Crippen molar-refractivity contribution in [3.63, 3.8) is 0 Å². The van der Waals surface area contributed by atoms with Crippen LogP contribution in [0, 0.1) is 0 Å². The topological polar surface area (TPSA) is 16.4 Å². The third-order valence-electron chi connectivity index (χ3n) is 10.4. The number of nitrogens with zero attached hydrogens (tertiary/aromatic N) is 1. The van der Waals surface area contributed by atoms with Crippen molar-refractivity contribution in [1.82, 2.24) is 0 Å². The molecule has 0 bridgehead atoms. The predicted octanol–water partition coefficient (Wildman–Crippen LogP) is 14.6. The van der Waals surface area contributed by atoms with Gasteiger partial charge in [0.1, 0.15) is 11.2 Å². The van der Waals surface area contributed by atoms with Crippen LogP contribution >= 0.6 is 11.3 Å². The third-order valence-corrected chi connectivity index (χ3v) is 11.6. The van der Waals surface area contributed by atoms with E-state index in [1.54, 1.807) is 0 Å². The molecule has 11 aromatic rings. The minimum absolute atomic E-state index is 0.878. The van der Waals surface area contributed by atoms with E-state index in [1.165, 1.54) is 58.2 Å². The summed E-state index contributed by atoms with van der Waals surface area (Å²) in [6.07, 6.45) is 0. The minimum atomic E-state index is 0.878. The van der Waals surface area contributed by atoms with Gasteiger partial charge in [0.05, 0.1) is 0 Å². The number of rotatable bonds is 4. The van der Waals surface area contributed by atoms with E-state index in [4.69, 9.17) is 4.42 Å². The average molecular weight is 668 g/mol. The predicted molar refractivity (Wildman–Crippen MR) is 219 cm³/mol. The fraction of sp³-hybridized carbons (Fsp3) is 0. The lowest BCUT2D eigenvalue weighted by atomic mass is 10.00. The maximum absolute atomic E-state index is 6.67. The lowest BCUT2D eigenvalue weighted by molar-refractivity contribution is 0.672. The number of fused-ring (bicyclic) bond motifs is 11. The Morgan fingerprint density at radius 3 is 1.80 bits per heavy atom. The van der Waals surface area contributed by atoms with Crippen LogP contribution in [0.5, 0.6) is 0 Å². The van der Waals surface area contributed by atoms with E-state index in [0.29, 0.717) is 0 Å². The molecule has 51 heavy (non-hydrogen) atoms. The molecule has 238 valence electrons. The van der Waals surface area contributed by atoms with Gasteiger partial charge in [-0.2, -0.15) is 0 Å². The van der Waals surface area contributed by atoms with E-state index in [0.717, 1.165) is 44.4 Å². The normalized spacial score (nSPS) is 11.9. The highest BCUT2D eigenvalue weighted by molar-refractivity contribution is 7.25. The summed E-state index contributed by atoms with van der Waals surface area (Å²) in [6.45, 7) is 0. The summed E-state index contributed by atoms with van der Waals surface area (Å²) in [5, 5.41) is 12.2. The molecule has 0 aliphatic rings. The lowest BCUT2D eigenvalue weighted by Crippen LogP contribution is -2.09. The van der Waals surface area contributed by atoms with Crippen molar-refractivity contribution in [2.75, 3.05) is 4.90 Å². The molecule has 11 rings (SSSR count). The lowest BCUT2D eigenvalue weighted by Gasteiger charge is -2.26. The van der Waals surface area contributed by atoms with Crippen LogP contribution in [0.15, 0.2) is 180 Å². The monoisotopic (exact) mass is 667 g/mol. The molecule has 0 spiro atoms. The first kappa shape index (κ1) is 28.4. The number of furan rings is 1. The van der Waals surface area contributed by atoms with Crippen LogP contribution in [0.2, 0.25) is 0 Å². The summed E-state index contributed by atoms with van der Waals surface area (Å²) < 4.78 is 9.31. The summed E-state index contributed by atoms with van der Waals surface area (Å²) in [7, 11) is 0. The molecule has 0 N–H and O–H groups in total. The molecule has 0 amide bonds. The standard InChI is InChI=1S/C48H29NOS/c1-3-9-38-31(7-1)13-14-33-17-22-36(28-43(33)38)49(37-23-25-40-42-24-18-32-8-2-4-10-39(32)48(42)50-45(40)29-37)35-20-15-30(16-21-35)34-19-26-47-44(27-34)41-11-5-6-12-46(41)51-47/h1-29H. The SMILES string of the molecule is c1ccc2c(c1)ccc1ccc(N(c3ccc(-c4ccc5sc6ccccc6c5c4)cc3)c3ccc4c(c3)oc3c5ccccc5ccc43)cc12. The number of anilines is 3. The van der Waals surface area contributed by atoms with E-state index in [2.05, 4.69) is 181 Å². The molecule has 0 saturated heterocycles. The van der Waals surface area contributed by atoms with Gasteiger partial charge in [0, 0.05) is 59.5 Å². The van der Waals surface area contributed by atoms with Gasteiger partial charge in [-0.1, -0.05) is 109 Å². The average Bonchev–Trinajstić information content (AvgIpc) is 3.76. The van der Waals surface area contributed by atoms with Crippen LogP contribution in [0.25, 0.3) is 85.6 Å². The zero-order valence-corrected chi connectivity index (χ0v) is 28.3. The van der Waals surface area contributed by atoms with Crippen LogP contribution in [0.3, 0.4) is 0 Å². The van der Waals surface area contributed by atoms with E-state index >= 15 is 0 Å². The van der Waals surface area contributed by atoms with Crippen LogP contribution in [0.1, 0.15) is 0 Å². The maximum Gasteiger partial charge on any atom is 0.143 e. The van der Waals surface area contributed by atoms with Crippen molar-refractivity contribution >= 4 is 103 Å². The Morgan fingerprint density at radius 1 is 0.353 bits per heavy atom. The summed E-state index contributed by atoms with van der Waals surface area (Å²) >= 11 is 1.86. The molecule has 2 aromatic heterocycles. The first-order valence-corrected chi connectivity index (χ1v) is 18.1. The van der Waals surface area contributed by atoms with Gasteiger partial charge in [-0.05, 0) is 98.7 Å². The number of hydrogen-bond donors (Lipinski definition) is 0. The zero-order valence-electron chi connectivity index (χ0n) is 27.5. The van der Waals surface area contributed by atoms with Gasteiger partial charge in [0.25, 0.3) is 0 Å². The molecule has 0 aliphatic heterocycles. The molecule has 0 radical (unpaired) electrons. The molecule has 0 aliphatic carbocycles. The molecular formula is C48H29NOS. The van der Waals surface area contributed by atoms with Crippen LogP contribution in [0.4, 0.5) is 17.1 Å². The summed E-state index contributed by atoms with van der Waals surface area (Å²) in [5.41, 5.74) is 7.45. The second-order valence-corrected chi connectivity index (χ2v) is 14.4. The van der Waals surface area contributed by atoms with Crippen LogP contribution in [-0.2, 0) is 0 Å². The molecule has 3 heteroatoms. The van der Waals surface area contributed by atoms with Gasteiger partial charge in [0.15, 0.2) is 0 Å². The Balaban J connectivity index is 1.08. The quantitative estimate of drug-likeness (QED) is 0.174. The van der Waals surface area contributed by atoms with Crippen LogP contribution < -0.4 is 4.90 Å². The first-order chi connectivity index (χ1) is 25.2. The zero-order chi connectivity index (χ0) is 33.5. The Labute approximate surface area is 298 Å². The first-order valence-electron chi connectivity index (χ1n) is 17.3. The van der Waals surface area contributed by atoms with E-state index in [1.807, 2.05) is 11.3 Å². The molecule has 0 atom stereocenters. The van der Waals surface area contributed by atoms with Gasteiger partial charge in [0.2, 0.25) is 0 Å². The molecule has 0 saturated carbocycles. The van der Waals surface area contributed by atoms with E-state index in [-0.39, 0.29) is 0 Å². The van der Waals surface area contributed by atoms with Crippen molar-refractivity contribution in [1.29, 1.82) is 0 Å². The van der Waals surface area contributed by atoms with Crippen molar-refractivity contribution in [3.8, 4) is 11.1 Å². The number of benzene rings is 9. The second kappa shape index (κ2) is 11.0. The third kappa shape index (κ3) is 4.49. The molecule has 9 aromatic carbocycles. The van der Waals surface area contributed by atoms with Gasteiger partial charge < -0.3 is 9.32 Å². The minimum Gasteiger partial charge on any atom is -0.455 e. The Hall–Kier alpha value is -6.42. The Kier molecular flexibility index (Phi) is 6.16. The van der Waals surface area contributed by atoms with Crippen molar-refractivity contribution < 1.29 is 4.42 Å². The highest BCUT2D eigenvalue weighted by Gasteiger charge is 2.18. The molecule has 0 unspecified atom stereocenters.